The fraction of sp³-hybridized carbons (Fsp3) is 0.455. The maximum absolute atomic E-state index is 12.0. The molecule has 0 amide bonds. The van der Waals surface area contributed by atoms with E-state index >= 15 is 0 Å². The summed E-state index contributed by atoms with van der Waals surface area (Å²) in [5, 5.41) is 11.9. The fourth-order valence-electron chi connectivity index (χ4n) is 1.50. The maximum atomic E-state index is 12.0. The minimum Gasteiger partial charge on any atom is -0.508 e. The lowest BCUT2D eigenvalue weighted by Gasteiger charge is -2.19. The topological polar surface area (TPSA) is 32.3 Å². The summed E-state index contributed by atoms with van der Waals surface area (Å²) in [5.41, 5.74) is 0.495. The van der Waals surface area contributed by atoms with Gasteiger partial charge in [-0.15, -0.1) is 0 Å². The number of benzene rings is 1. The van der Waals surface area contributed by atoms with Crippen molar-refractivity contribution >= 4 is 0 Å². The average molecular weight is 233 g/mol. The first kappa shape index (κ1) is 12.8. The summed E-state index contributed by atoms with van der Waals surface area (Å²) in [5.74, 6) is 0.0176. The van der Waals surface area contributed by atoms with E-state index in [0.717, 1.165) is 0 Å². The lowest BCUT2D eigenvalue weighted by molar-refractivity contribution is -0.126. The highest BCUT2D eigenvalue weighted by atomic mass is 19.4. The summed E-state index contributed by atoms with van der Waals surface area (Å²) in [4.78, 5) is 0. The van der Waals surface area contributed by atoms with E-state index in [4.69, 9.17) is 0 Å². The molecule has 5 heteroatoms. The van der Waals surface area contributed by atoms with Gasteiger partial charge in [-0.05, 0) is 12.5 Å². The molecule has 2 N–H and O–H groups in total. The molecule has 0 fully saturated rings. The summed E-state index contributed by atoms with van der Waals surface area (Å²) < 4.78 is 36.1. The first-order valence-corrected chi connectivity index (χ1v) is 5.02. The third-order valence-electron chi connectivity index (χ3n) is 2.27. The summed E-state index contributed by atoms with van der Waals surface area (Å²) in [7, 11) is 0. The van der Waals surface area contributed by atoms with Gasteiger partial charge in [0.1, 0.15) is 5.75 Å². The smallest absolute Gasteiger partial charge is 0.401 e. The molecule has 16 heavy (non-hydrogen) atoms. The first-order chi connectivity index (χ1) is 7.44. The van der Waals surface area contributed by atoms with E-state index < -0.39 is 18.8 Å². The zero-order chi connectivity index (χ0) is 12.2. The molecule has 1 atom stereocenters. The Morgan fingerprint density at radius 1 is 1.31 bits per heavy atom. The van der Waals surface area contributed by atoms with Crippen molar-refractivity contribution in [2.75, 3.05) is 6.54 Å². The summed E-state index contributed by atoms with van der Waals surface area (Å²) in [6.07, 6.45) is -3.76. The Morgan fingerprint density at radius 2 is 1.94 bits per heavy atom. The Morgan fingerprint density at radius 3 is 2.44 bits per heavy atom. The summed E-state index contributed by atoms with van der Waals surface area (Å²) >= 11 is 0. The van der Waals surface area contributed by atoms with Gasteiger partial charge in [0.15, 0.2) is 0 Å². The van der Waals surface area contributed by atoms with E-state index in [9.17, 15) is 18.3 Å². The van der Waals surface area contributed by atoms with Gasteiger partial charge in [-0.1, -0.05) is 25.1 Å². The van der Waals surface area contributed by atoms with Crippen LogP contribution in [0.15, 0.2) is 24.3 Å². The molecule has 0 saturated carbocycles. The lowest BCUT2D eigenvalue weighted by atomic mass is 10.0. The Hall–Kier alpha value is -1.23. The fourth-order valence-corrected chi connectivity index (χ4v) is 1.50. The molecule has 0 aromatic heterocycles. The number of phenolic OH excluding ortho intramolecular Hbond substituents is 1. The number of halogens is 3. The van der Waals surface area contributed by atoms with Crippen LogP contribution in [0.4, 0.5) is 13.2 Å². The predicted molar refractivity (Wildman–Crippen MR) is 55.2 cm³/mol. The molecule has 0 aliphatic carbocycles. The lowest BCUT2D eigenvalue weighted by Crippen LogP contribution is -2.31. The summed E-state index contributed by atoms with van der Waals surface area (Å²) in [6.45, 7) is 0.709. The number of alkyl halides is 3. The van der Waals surface area contributed by atoms with Gasteiger partial charge in [0.2, 0.25) is 0 Å². The highest BCUT2D eigenvalue weighted by molar-refractivity contribution is 5.34. The average Bonchev–Trinajstić information content (AvgIpc) is 2.20. The van der Waals surface area contributed by atoms with Crippen LogP contribution >= 0.6 is 0 Å². The predicted octanol–water partition coefficient (Wildman–Crippen LogP) is 3.00. The number of rotatable bonds is 4. The monoisotopic (exact) mass is 233 g/mol. The second-order valence-electron chi connectivity index (χ2n) is 3.52. The molecule has 1 aromatic carbocycles. The highest BCUT2D eigenvalue weighted by Crippen LogP contribution is 2.26. The van der Waals surface area contributed by atoms with E-state index in [1.807, 2.05) is 0 Å². The highest BCUT2D eigenvalue weighted by Gasteiger charge is 2.28. The van der Waals surface area contributed by atoms with Gasteiger partial charge in [-0.2, -0.15) is 13.2 Å². The zero-order valence-electron chi connectivity index (χ0n) is 8.88. The van der Waals surface area contributed by atoms with E-state index in [1.165, 1.54) is 6.07 Å². The van der Waals surface area contributed by atoms with Crippen LogP contribution in [0.2, 0.25) is 0 Å². The van der Waals surface area contributed by atoms with E-state index in [2.05, 4.69) is 5.32 Å². The summed E-state index contributed by atoms with van der Waals surface area (Å²) in [6, 6.07) is 5.92. The van der Waals surface area contributed by atoms with Gasteiger partial charge in [0.25, 0.3) is 0 Å². The van der Waals surface area contributed by atoms with Crippen molar-refractivity contribution in [1.82, 2.24) is 5.32 Å². The third kappa shape index (κ3) is 3.73. The van der Waals surface area contributed by atoms with Gasteiger partial charge >= 0.3 is 6.18 Å². The van der Waals surface area contributed by atoms with Gasteiger partial charge in [-0.3, -0.25) is 0 Å². The SMILES string of the molecule is CCC(NCC(F)(F)F)c1ccccc1O. The second kappa shape index (κ2) is 5.21. The zero-order valence-corrected chi connectivity index (χ0v) is 8.88. The van der Waals surface area contributed by atoms with Gasteiger partial charge in [0, 0.05) is 11.6 Å². The normalized spacial score (nSPS) is 13.8. The van der Waals surface area contributed by atoms with Crippen LogP contribution in [-0.2, 0) is 0 Å². The number of hydrogen-bond acceptors (Lipinski definition) is 2. The number of para-hydroxylation sites is 1. The first-order valence-electron chi connectivity index (χ1n) is 5.02. The van der Waals surface area contributed by atoms with Crippen molar-refractivity contribution in [2.45, 2.75) is 25.6 Å². The van der Waals surface area contributed by atoms with Crippen molar-refractivity contribution in [2.24, 2.45) is 0 Å². The molecule has 0 radical (unpaired) electrons. The minimum absolute atomic E-state index is 0.0176. The third-order valence-corrected chi connectivity index (χ3v) is 2.27. The number of aromatic hydroxyl groups is 1. The molecular formula is C11H14F3NO. The Labute approximate surface area is 92.1 Å². The van der Waals surface area contributed by atoms with Crippen LogP contribution < -0.4 is 5.32 Å². The van der Waals surface area contributed by atoms with Crippen molar-refractivity contribution in [1.29, 1.82) is 0 Å². The quantitative estimate of drug-likeness (QED) is 0.837. The molecule has 0 spiro atoms. The van der Waals surface area contributed by atoms with Crippen LogP contribution in [0.3, 0.4) is 0 Å². The van der Waals surface area contributed by atoms with E-state index in [1.54, 1.807) is 25.1 Å². The van der Waals surface area contributed by atoms with Gasteiger partial charge < -0.3 is 10.4 Å². The van der Waals surface area contributed by atoms with Crippen LogP contribution in [0, 0.1) is 0 Å². The molecule has 1 unspecified atom stereocenters. The molecule has 0 aliphatic heterocycles. The molecule has 2 nitrogen and oxygen atoms in total. The van der Waals surface area contributed by atoms with Crippen LogP contribution in [0.25, 0.3) is 0 Å². The number of phenols is 1. The second-order valence-corrected chi connectivity index (χ2v) is 3.52. The van der Waals surface area contributed by atoms with E-state index in [-0.39, 0.29) is 5.75 Å². The largest absolute Gasteiger partial charge is 0.508 e. The Kier molecular flexibility index (Phi) is 4.18. The van der Waals surface area contributed by atoms with E-state index in [0.29, 0.717) is 12.0 Å². The van der Waals surface area contributed by atoms with Crippen molar-refractivity contribution in [3.8, 4) is 5.75 Å². The molecule has 0 aliphatic rings. The van der Waals surface area contributed by atoms with Crippen molar-refractivity contribution < 1.29 is 18.3 Å². The van der Waals surface area contributed by atoms with Gasteiger partial charge in [-0.25, -0.2) is 0 Å². The van der Waals surface area contributed by atoms with Crippen molar-refractivity contribution in [3.63, 3.8) is 0 Å². The van der Waals surface area contributed by atoms with Crippen LogP contribution in [-0.4, -0.2) is 17.8 Å². The maximum Gasteiger partial charge on any atom is 0.401 e. The molecule has 0 saturated heterocycles. The molecular weight excluding hydrogens is 219 g/mol. The molecule has 0 bridgehead atoms. The molecule has 1 aromatic rings. The number of hydrogen-bond donors (Lipinski definition) is 2. The van der Waals surface area contributed by atoms with Gasteiger partial charge in [0.05, 0.1) is 6.54 Å². The molecule has 1 rings (SSSR count). The minimum atomic E-state index is -4.24. The van der Waals surface area contributed by atoms with Crippen molar-refractivity contribution in [3.05, 3.63) is 29.8 Å². The van der Waals surface area contributed by atoms with Crippen LogP contribution in [0.1, 0.15) is 24.9 Å². The molecule has 0 heterocycles. The number of nitrogens with one attached hydrogen (secondary N) is 1. The van der Waals surface area contributed by atoms with Crippen LogP contribution in [0.5, 0.6) is 5.75 Å². The Bertz CT molecular complexity index is 338. The molecule has 90 valence electrons. The Balaban J connectivity index is 2.72. The standard InChI is InChI=1S/C11H14F3NO/c1-2-9(15-7-11(12,13)14)8-5-3-4-6-10(8)16/h3-6,9,15-16H,2,7H2,1H3.